The average Bonchev–Trinajstić information content (AvgIpc) is 3.32. The molecule has 0 N–H and O–H groups in total. The van der Waals surface area contributed by atoms with Crippen LogP contribution in [-0.4, -0.2) is 52.8 Å². The fraction of sp³-hybridized carbons (Fsp3) is 0.444. The maximum Gasteiger partial charge on any atom is 0.336 e. The third-order valence-electron chi connectivity index (χ3n) is 6.71. The average molecular weight is 451 g/mol. The summed E-state index contributed by atoms with van der Waals surface area (Å²) in [6.45, 7) is 5.18. The summed E-state index contributed by atoms with van der Waals surface area (Å²) in [5.41, 5.74) is 4.26. The zero-order valence-electron chi connectivity index (χ0n) is 20.3. The molecule has 1 saturated heterocycles. The van der Waals surface area contributed by atoms with Crippen molar-refractivity contribution in [3.05, 3.63) is 63.5 Å². The van der Waals surface area contributed by atoms with Crippen LogP contribution in [0.25, 0.3) is 11.0 Å². The summed E-state index contributed by atoms with van der Waals surface area (Å²) < 4.78 is 17.4. The number of fused-ring (bicyclic) bond motifs is 1. The maximum absolute atomic E-state index is 12.4. The standard InChI is InChI=1S/C27H34N2O4/c1-18-16-24(30)33-27-25(18)22(31-4)17-23(32-5)26(27)21(12-15-29-13-6-7-14-29)19-8-10-20(11-9-19)28(2)3/h8-11,16-17,21H,6-7,12-15H2,1-5H3/t21-/m1/s1. The molecule has 1 fully saturated rings. The van der Waals surface area contributed by atoms with Crippen LogP contribution in [0.15, 0.2) is 45.6 Å². The summed E-state index contributed by atoms with van der Waals surface area (Å²) in [6.07, 6.45) is 3.41. The lowest BCUT2D eigenvalue weighted by Crippen LogP contribution is -2.23. The maximum atomic E-state index is 12.4. The van der Waals surface area contributed by atoms with Gasteiger partial charge < -0.3 is 23.7 Å². The van der Waals surface area contributed by atoms with E-state index in [1.54, 1.807) is 14.2 Å². The van der Waals surface area contributed by atoms with Crippen LogP contribution in [0.5, 0.6) is 11.5 Å². The van der Waals surface area contributed by atoms with E-state index < -0.39 is 0 Å². The molecule has 176 valence electrons. The molecule has 6 nitrogen and oxygen atoms in total. The predicted molar refractivity (Wildman–Crippen MR) is 133 cm³/mol. The molecule has 3 aromatic rings. The van der Waals surface area contributed by atoms with Gasteiger partial charge in [0.2, 0.25) is 0 Å². The lowest BCUT2D eigenvalue weighted by atomic mass is 9.85. The molecule has 4 rings (SSSR count). The van der Waals surface area contributed by atoms with E-state index in [1.807, 2.05) is 27.1 Å². The van der Waals surface area contributed by atoms with Gasteiger partial charge in [-0.15, -0.1) is 0 Å². The SMILES string of the molecule is COc1cc(OC)c2c(C)cc(=O)oc2c1[C@H](CCN1CCCC1)c1ccc(N(C)C)cc1. The van der Waals surface area contributed by atoms with Gasteiger partial charge in [-0.3, -0.25) is 0 Å². The Bertz CT molecular complexity index is 1160. The van der Waals surface area contributed by atoms with Crippen molar-refractivity contribution in [2.45, 2.75) is 32.1 Å². The molecular formula is C27H34N2O4. The predicted octanol–water partition coefficient (Wildman–Crippen LogP) is 4.80. The number of rotatable bonds is 8. The number of hydrogen-bond donors (Lipinski definition) is 0. The number of nitrogens with zero attached hydrogens (tertiary/aromatic N) is 2. The van der Waals surface area contributed by atoms with Gasteiger partial charge in [0.25, 0.3) is 0 Å². The highest BCUT2D eigenvalue weighted by Gasteiger charge is 2.27. The van der Waals surface area contributed by atoms with E-state index in [1.165, 1.54) is 24.5 Å². The molecule has 0 spiro atoms. The number of ether oxygens (including phenoxy) is 2. The van der Waals surface area contributed by atoms with Gasteiger partial charge >= 0.3 is 5.63 Å². The highest BCUT2D eigenvalue weighted by molar-refractivity contribution is 5.92. The second-order valence-corrected chi connectivity index (χ2v) is 9.02. The van der Waals surface area contributed by atoms with Gasteiger partial charge in [0, 0.05) is 43.4 Å². The summed E-state index contributed by atoms with van der Waals surface area (Å²) in [5, 5.41) is 0.823. The number of benzene rings is 2. The van der Waals surface area contributed by atoms with Gasteiger partial charge in [-0.2, -0.15) is 0 Å². The summed E-state index contributed by atoms with van der Waals surface area (Å²) in [4.78, 5) is 17.0. The smallest absolute Gasteiger partial charge is 0.336 e. The Hall–Kier alpha value is -2.99. The first-order valence-electron chi connectivity index (χ1n) is 11.6. The Kier molecular flexibility index (Phi) is 6.94. The van der Waals surface area contributed by atoms with Crippen LogP contribution < -0.4 is 20.0 Å². The van der Waals surface area contributed by atoms with Crippen molar-refractivity contribution in [2.75, 3.05) is 52.8 Å². The van der Waals surface area contributed by atoms with Crippen molar-refractivity contribution >= 4 is 16.7 Å². The van der Waals surface area contributed by atoms with Crippen molar-refractivity contribution in [2.24, 2.45) is 0 Å². The van der Waals surface area contributed by atoms with Gasteiger partial charge in [-0.05, 0) is 69.1 Å². The first-order valence-corrected chi connectivity index (χ1v) is 11.6. The van der Waals surface area contributed by atoms with E-state index in [0.717, 1.165) is 48.3 Å². The Morgan fingerprint density at radius 3 is 2.30 bits per heavy atom. The molecular weight excluding hydrogens is 416 g/mol. The quantitative estimate of drug-likeness (QED) is 0.460. The van der Waals surface area contributed by atoms with Gasteiger partial charge in [0.15, 0.2) is 0 Å². The van der Waals surface area contributed by atoms with Crippen molar-refractivity contribution in [1.82, 2.24) is 4.90 Å². The molecule has 0 amide bonds. The van der Waals surface area contributed by atoms with Crippen LogP contribution >= 0.6 is 0 Å². The first kappa shape index (κ1) is 23.2. The number of aryl methyl sites for hydroxylation is 1. The van der Waals surface area contributed by atoms with Gasteiger partial charge in [0.1, 0.15) is 17.1 Å². The number of methoxy groups -OCH3 is 2. The van der Waals surface area contributed by atoms with Crippen molar-refractivity contribution in [1.29, 1.82) is 0 Å². The van der Waals surface area contributed by atoms with E-state index in [2.05, 4.69) is 34.1 Å². The molecule has 1 aliphatic heterocycles. The molecule has 1 aliphatic rings. The highest BCUT2D eigenvalue weighted by atomic mass is 16.5. The molecule has 0 unspecified atom stereocenters. The van der Waals surface area contributed by atoms with Crippen LogP contribution in [0.1, 0.15) is 41.9 Å². The first-order chi connectivity index (χ1) is 15.9. The van der Waals surface area contributed by atoms with Gasteiger partial charge in [0.05, 0.1) is 19.6 Å². The largest absolute Gasteiger partial charge is 0.496 e. The lowest BCUT2D eigenvalue weighted by molar-refractivity contribution is 0.325. The Morgan fingerprint density at radius 2 is 1.70 bits per heavy atom. The minimum absolute atomic E-state index is 0.00937. The molecule has 1 aromatic heterocycles. The van der Waals surface area contributed by atoms with Crippen LogP contribution in [-0.2, 0) is 0 Å². The van der Waals surface area contributed by atoms with E-state index in [0.29, 0.717) is 17.1 Å². The molecule has 0 aliphatic carbocycles. The van der Waals surface area contributed by atoms with Crippen LogP contribution in [0.3, 0.4) is 0 Å². The fourth-order valence-electron chi connectivity index (χ4n) is 4.95. The molecule has 0 saturated carbocycles. The van der Waals surface area contributed by atoms with Crippen LogP contribution in [0.2, 0.25) is 0 Å². The van der Waals surface area contributed by atoms with Gasteiger partial charge in [-0.1, -0.05) is 12.1 Å². The second-order valence-electron chi connectivity index (χ2n) is 9.02. The number of hydrogen-bond acceptors (Lipinski definition) is 6. The topological polar surface area (TPSA) is 55.2 Å². The molecule has 33 heavy (non-hydrogen) atoms. The van der Waals surface area contributed by atoms with Crippen molar-refractivity contribution in [3.8, 4) is 11.5 Å². The van der Waals surface area contributed by atoms with Crippen LogP contribution in [0.4, 0.5) is 5.69 Å². The zero-order valence-corrected chi connectivity index (χ0v) is 20.3. The molecule has 6 heteroatoms. The van der Waals surface area contributed by atoms with E-state index in [9.17, 15) is 4.79 Å². The van der Waals surface area contributed by atoms with E-state index >= 15 is 0 Å². The number of likely N-dealkylation sites (tertiary alicyclic amines) is 1. The molecule has 2 aromatic carbocycles. The van der Waals surface area contributed by atoms with Crippen LogP contribution in [0, 0.1) is 6.92 Å². The molecule has 2 heterocycles. The van der Waals surface area contributed by atoms with E-state index in [-0.39, 0.29) is 11.5 Å². The van der Waals surface area contributed by atoms with Crippen molar-refractivity contribution in [3.63, 3.8) is 0 Å². The fourth-order valence-corrected chi connectivity index (χ4v) is 4.95. The normalized spacial score (nSPS) is 15.1. The summed E-state index contributed by atoms with van der Waals surface area (Å²) >= 11 is 0. The molecule has 0 bridgehead atoms. The third-order valence-corrected chi connectivity index (χ3v) is 6.71. The summed E-state index contributed by atoms with van der Waals surface area (Å²) in [7, 11) is 7.36. The molecule has 1 atom stereocenters. The zero-order chi connectivity index (χ0) is 23.5. The minimum Gasteiger partial charge on any atom is -0.496 e. The second kappa shape index (κ2) is 9.87. The van der Waals surface area contributed by atoms with Gasteiger partial charge in [-0.25, -0.2) is 4.79 Å². The molecule has 0 radical (unpaired) electrons. The minimum atomic E-state index is -0.363. The Labute approximate surface area is 195 Å². The Morgan fingerprint density at radius 1 is 1.03 bits per heavy atom. The number of anilines is 1. The van der Waals surface area contributed by atoms with Crippen molar-refractivity contribution < 1.29 is 13.9 Å². The highest BCUT2D eigenvalue weighted by Crippen LogP contribution is 2.44. The Balaban J connectivity index is 1.91. The lowest BCUT2D eigenvalue weighted by Gasteiger charge is -2.25. The summed E-state index contributed by atoms with van der Waals surface area (Å²) in [6, 6.07) is 12.1. The third kappa shape index (κ3) is 4.71. The monoisotopic (exact) mass is 450 g/mol. The summed E-state index contributed by atoms with van der Waals surface area (Å²) in [5.74, 6) is 1.33. The van der Waals surface area contributed by atoms with E-state index in [4.69, 9.17) is 13.9 Å².